The van der Waals surface area contributed by atoms with Crippen LogP contribution in [0, 0.1) is 5.92 Å². The number of aromatic nitrogens is 1. The van der Waals surface area contributed by atoms with Gasteiger partial charge in [0.15, 0.2) is 5.69 Å². The second kappa shape index (κ2) is 13.4. The first-order valence-electron chi connectivity index (χ1n) is 13.5. The summed E-state index contributed by atoms with van der Waals surface area (Å²) in [5, 5.41) is 11.9. The van der Waals surface area contributed by atoms with E-state index in [4.69, 9.17) is 4.42 Å². The molecular weight excluding hydrogens is 553 g/mol. The third-order valence-electron chi connectivity index (χ3n) is 6.78. The summed E-state index contributed by atoms with van der Waals surface area (Å²) in [5.74, 6) is -4.97. The van der Waals surface area contributed by atoms with Crippen LogP contribution in [0.4, 0.5) is 24.5 Å². The standard InChI is InChI=1S/C30H31F3N4O5/c1-2-3-8-21(29(40)41)19-24(38)37-16-7-15-36(17-18-37)23-13-11-22(12-14-23)34-27(39)25-26(30(31,32)33)42-28(35-25)20-9-5-4-6-10-20/h3-6,8-14,21H,2,7,15-19H2,1H3,(H,34,39)(H,40,41). The molecule has 3 aromatic rings. The Labute approximate surface area is 240 Å². The van der Waals surface area contributed by atoms with Gasteiger partial charge in [-0.15, -0.1) is 0 Å². The highest BCUT2D eigenvalue weighted by atomic mass is 19.4. The molecule has 1 saturated heterocycles. The number of oxazole rings is 1. The first-order valence-corrected chi connectivity index (χ1v) is 13.5. The van der Waals surface area contributed by atoms with Crippen LogP contribution in [0.3, 0.4) is 0 Å². The number of carbonyl (C=O) groups excluding carboxylic acids is 2. The van der Waals surface area contributed by atoms with Crippen molar-refractivity contribution in [2.75, 3.05) is 36.4 Å². The monoisotopic (exact) mass is 584 g/mol. The van der Waals surface area contributed by atoms with Crippen molar-refractivity contribution in [1.82, 2.24) is 9.88 Å². The molecule has 222 valence electrons. The maximum atomic E-state index is 13.6. The Morgan fingerprint density at radius 1 is 1.05 bits per heavy atom. The van der Waals surface area contributed by atoms with E-state index in [-0.39, 0.29) is 23.9 Å². The topological polar surface area (TPSA) is 116 Å². The van der Waals surface area contributed by atoms with E-state index in [1.165, 1.54) is 12.1 Å². The molecule has 2 aromatic carbocycles. The zero-order valence-corrected chi connectivity index (χ0v) is 22.9. The number of carboxylic acids is 1. The number of rotatable bonds is 9. The molecule has 2 heterocycles. The van der Waals surface area contributed by atoms with Gasteiger partial charge in [0.1, 0.15) is 0 Å². The lowest BCUT2D eigenvalue weighted by Crippen LogP contribution is -2.36. The first-order chi connectivity index (χ1) is 20.1. The lowest BCUT2D eigenvalue weighted by atomic mass is 10.0. The molecule has 2 N–H and O–H groups in total. The molecule has 1 fully saturated rings. The van der Waals surface area contributed by atoms with Crippen LogP contribution in [-0.2, 0) is 15.8 Å². The smallest absolute Gasteiger partial charge is 0.452 e. The molecule has 1 aliphatic heterocycles. The normalized spacial score (nSPS) is 15.0. The highest BCUT2D eigenvalue weighted by Crippen LogP contribution is 2.35. The van der Waals surface area contributed by atoms with E-state index < -0.39 is 35.4 Å². The number of hydrogen-bond acceptors (Lipinski definition) is 6. The zero-order chi connectivity index (χ0) is 30.3. The number of carbonyl (C=O) groups is 3. The molecule has 0 spiro atoms. The maximum Gasteiger partial charge on any atom is 0.452 e. The number of nitrogens with one attached hydrogen (secondary N) is 1. The zero-order valence-electron chi connectivity index (χ0n) is 22.9. The van der Waals surface area contributed by atoms with Gasteiger partial charge < -0.3 is 24.6 Å². The van der Waals surface area contributed by atoms with Gasteiger partial charge in [0, 0.05) is 49.5 Å². The molecule has 1 unspecified atom stereocenters. The second-order valence-corrected chi connectivity index (χ2v) is 9.77. The number of hydrogen-bond donors (Lipinski definition) is 2. The van der Waals surface area contributed by atoms with Gasteiger partial charge in [-0.1, -0.05) is 37.3 Å². The van der Waals surface area contributed by atoms with Crippen LogP contribution in [0.1, 0.15) is 42.4 Å². The average Bonchev–Trinajstić information content (AvgIpc) is 3.29. The van der Waals surface area contributed by atoms with Crippen LogP contribution in [0.15, 0.2) is 71.2 Å². The number of benzene rings is 2. The fourth-order valence-electron chi connectivity index (χ4n) is 4.60. The molecule has 0 radical (unpaired) electrons. The molecule has 1 atom stereocenters. The Hall–Kier alpha value is -4.61. The van der Waals surface area contributed by atoms with Crippen molar-refractivity contribution in [2.24, 2.45) is 5.92 Å². The summed E-state index contributed by atoms with van der Waals surface area (Å²) in [7, 11) is 0. The summed E-state index contributed by atoms with van der Waals surface area (Å²) in [6, 6.07) is 14.6. The summed E-state index contributed by atoms with van der Waals surface area (Å²) in [4.78, 5) is 44.7. The van der Waals surface area contributed by atoms with Crippen molar-refractivity contribution >= 4 is 29.2 Å². The highest BCUT2D eigenvalue weighted by Gasteiger charge is 2.42. The molecule has 9 nitrogen and oxygen atoms in total. The lowest BCUT2D eigenvalue weighted by molar-refractivity contribution is -0.153. The summed E-state index contributed by atoms with van der Waals surface area (Å²) < 4.78 is 45.8. The first kappa shape index (κ1) is 30.4. The Bertz CT molecular complexity index is 1420. The molecule has 2 amide bonds. The van der Waals surface area contributed by atoms with Gasteiger partial charge in [0.25, 0.3) is 5.91 Å². The van der Waals surface area contributed by atoms with Crippen molar-refractivity contribution in [3.05, 3.63) is 78.2 Å². The third-order valence-corrected chi connectivity index (χ3v) is 6.78. The summed E-state index contributed by atoms with van der Waals surface area (Å²) >= 11 is 0. The third kappa shape index (κ3) is 7.56. The molecule has 0 bridgehead atoms. The van der Waals surface area contributed by atoms with Crippen molar-refractivity contribution < 1.29 is 37.1 Å². The van der Waals surface area contributed by atoms with Crippen LogP contribution in [0.2, 0.25) is 0 Å². The summed E-state index contributed by atoms with van der Waals surface area (Å²) in [5.41, 5.74) is 0.519. The van der Waals surface area contributed by atoms with E-state index in [1.54, 1.807) is 59.5 Å². The van der Waals surface area contributed by atoms with Crippen LogP contribution >= 0.6 is 0 Å². The van der Waals surface area contributed by atoms with E-state index in [0.717, 1.165) is 5.69 Å². The van der Waals surface area contributed by atoms with E-state index in [9.17, 15) is 32.7 Å². The fraction of sp³-hybridized carbons (Fsp3) is 0.333. The number of anilines is 2. The molecule has 12 heteroatoms. The number of nitrogens with zero attached hydrogens (tertiary/aromatic N) is 3. The Morgan fingerprint density at radius 2 is 1.76 bits per heavy atom. The van der Waals surface area contributed by atoms with Crippen LogP contribution < -0.4 is 10.2 Å². The molecule has 0 saturated carbocycles. The summed E-state index contributed by atoms with van der Waals surface area (Å²) in [6.07, 6.45) is -0.370. The van der Waals surface area contributed by atoms with Gasteiger partial charge >= 0.3 is 12.1 Å². The van der Waals surface area contributed by atoms with Crippen molar-refractivity contribution in [1.29, 1.82) is 0 Å². The number of aliphatic carboxylic acids is 1. The molecule has 1 aliphatic rings. The molecule has 1 aromatic heterocycles. The number of allylic oxidation sites excluding steroid dienone is 1. The van der Waals surface area contributed by atoms with Crippen LogP contribution in [0.25, 0.3) is 11.5 Å². The van der Waals surface area contributed by atoms with E-state index in [0.29, 0.717) is 44.6 Å². The number of carboxylic acid groups (broad SMARTS) is 1. The minimum Gasteiger partial charge on any atom is -0.481 e. The molecular formula is C30H31F3N4O5. The Kier molecular flexibility index (Phi) is 9.66. The molecule has 0 aliphatic carbocycles. The van der Waals surface area contributed by atoms with Crippen LogP contribution in [0.5, 0.6) is 0 Å². The Morgan fingerprint density at radius 3 is 2.40 bits per heavy atom. The lowest BCUT2D eigenvalue weighted by Gasteiger charge is -2.24. The minimum absolute atomic E-state index is 0.103. The number of halogens is 3. The Balaban J connectivity index is 1.40. The predicted octanol–water partition coefficient (Wildman–Crippen LogP) is 5.71. The van der Waals surface area contributed by atoms with E-state index in [1.807, 2.05) is 6.92 Å². The SMILES string of the molecule is CCC=CC(CC(=O)N1CCCN(c2ccc(NC(=O)c3nc(-c4ccccc4)oc3C(F)(F)F)cc2)CC1)C(=O)O. The number of alkyl halides is 3. The minimum atomic E-state index is -4.92. The summed E-state index contributed by atoms with van der Waals surface area (Å²) in [6.45, 7) is 3.96. The average molecular weight is 585 g/mol. The van der Waals surface area contributed by atoms with E-state index >= 15 is 0 Å². The van der Waals surface area contributed by atoms with Crippen molar-refractivity contribution in [3.63, 3.8) is 0 Å². The van der Waals surface area contributed by atoms with Gasteiger partial charge in [-0.2, -0.15) is 13.2 Å². The quantitative estimate of drug-likeness (QED) is 0.310. The fourth-order valence-corrected chi connectivity index (χ4v) is 4.60. The van der Waals surface area contributed by atoms with Gasteiger partial charge in [-0.05, 0) is 49.2 Å². The van der Waals surface area contributed by atoms with Crippen molar-refractivity contribution in [3.8, 4) is 11.5 Å². The largest absolute Gasteiger partial charge is 0.481 e. The molecule has 4 rings (SSSR count). The van der Waals surface area contributed by atoms with Crippen molar-refractivity contribution in [2.45, 2.75) is 32.4 Å². The van der Waals surface area contributed by atoms with Crippen LogP contribution in [-0.4, -0.2) is 59.0 Å². The molecule has 42 heavy (non-hydrogen) atoms. The second-order valence-electron chi connectivity index (χ2n) is 9.77. The maximum absolute atomic E-state index is 13.6. The highest BCUT2D eigenvalue weighted by molar-refractivity contribution is 6.04. The van der Waals surface area contributed by atoms with Gasteiger partial charge in [-0.25, -0.2) is 4.98 Å². The predicted molar refractivity (Wildman–Crippen MR) is 150 cm³/mol. The number of amides is 2. The van der Waals surface area contributed by atoms with Gasteiger partial charge in [0.05, 0.1) is 5.92 Å². The van der Waals surface area contributed by atoms with E-state index in [2.05, 4.69) is 15.2 Å². The van der Waals surface area contributed by atoms with Gasteiger partial charge in [0.2, 0.25) is 17.6 Å². The van der Waals surface area contributed by atoms with Gasteiger partial charge in [-0.3, -0.25) is 14.4 Å².